The van der Waals surface area contributed by atoms with Crippen LogP contribution in [0.5, 0.6) is 0 Å². The summed E-state index contributed by atoms with van der Waals surface area (Å²) in [6.45, 7) is 5.20. The first-order valence-corrected chi connectivity index (χ1v) is 9.52. The third-order valence-electron chi connectivity index (χ3n) is 5.32. The van der Waals surface area contributed by atoms with Gasteiger partial charge >= 0.3 is 5.97 Å². The summed E-state index contributed by atoms with van der Waals surface area (Å²) >= 11 is 0. The van der Waals surface area contributed by atoms with E-state index < -0.39 is 28.6 Å². The van der Waals surface area contributed by atoms with E-state index in [0.29, 0.717) is 17.0 Å². The molecule has 1 aromatic carbocycles. The van der Waals surface area contributed by atoms with E-state index in [2.05, 4.69) is 4.98 Å². The van der Waals surface area contributed by atoms with Crippen LogP contribution >= 0.6 is 0 Å². The first-order valence-electron chi connectivity index (χ1n) is 9.52. The number of hydrogen-bond acceptors (Lipinski definition) is 3. The molecule has 3 aromatic rings. The number of nitrogens with zero attached hydrogens (tertiary/aromatic N) is 2. The minimum atomic E-state index is -1.38. The van der Waals surface area contributed by atoms with E-state index >= 15 is 8.78 Å². The third kappa shape index (κ3) is 3.01. The smallest absolute Gasteiger partial charge is 0.341 e. The zero-order chi connectivity index (χ0) is 21.0. The summed E-state index contributed by atoms with van der Waals surface area (Å²) in [6, 6.07) is 4.05. The molecule has 5 nitrogen and oxygen atoms in total. The van der Waals surface area contributed by atoms with E-state index in [-0.39, 0.29) is 34.6 Å². The third-order valence-corrected chi connectivity index (χ3v) is 5.32. The molecule has 7 heteroatoms. The number of aromatic nitrogens is 2. The van der Waals surface area contributed by atoms with Crippen molar-refractivity contribution in [3.8, 4) is 11.1 Å². The number of carboxylic acid groups (broad SMARTS) is 1. The van der Waals surface area contributed by atoms with Crippen molar-refractivity contribution in [2.45, 2.75) is 46.1 Å². The zero-order valence-electron chi connectivity index (χ0n) is 16.3. The van der Waals surface area contributed by atoms with Crippen LogP contribution in [-0.2, 0) is 6.42 Å². The maximum absolute atomic E-state index is 15.8. The minimum absolute atomic E-state index is 0.0251. The normalized spacial score (nSPS) is 13.8. The minimum Gasteiger partial charge on any atom is -0.477 e. The lowest BCUT2D eigenvalue weighted by Crippen LogP contribution is -2.25. The number of aryl methyl sites for hydroxylation is 2. The van der Waals surface area contributed by atoms with Gasteiger partial charge < -0.3 is 9.67 Å². The van der Waals surface area contributed by atoms with Crippen LogP contribution in [0.1, 0.15) is 53.2 Å². The van der Waals surface area contributed by atoms with Crippen LogP contribution in [0.4, 0.5) is 8.78 Å². The highest BCUT2D eigenvalue weighted by Gasteiger charge is 2.33. The number of fused-ring (bicyclic) bond motifs is 1. The second kappa shape index (κ2) is 6.76. The average Bonchev–Trinajstić information content (AvgIpc) is 3.45. The Morgan fingerprint density at radius 2 is 1.83 bits per heavy atom. The summed E-state index contributed by atoms with van der Waals surface area (Å²) in [5.41, 5.74) is 0.329. The van der Waals surface area contributed by atoms with Gasteiger partial charge in [0.05, 0.1) is 16.5 Å². The van der Waals surface area contributed by atoms with Gasteiger partial charge in [-0.1, -0.05) is 6.92 Å². The molecule has 0 aliphatic heterocycles. The average molecular weight is 398 g/mol. The van der Waals surface area contributed by atoms with Crippen molar-refractivity contribution in [2.24, 2.45) is 0 Å². The SMILES string of the molecule is CCc1c(C(=O)O)c(=O)c2cc(F)c(-c3cc(C)nc(C)c3)c(F)c2n1C1CC1. The number of benzene rings is 1. The van der Waals surface area contributed by atoms with Gasteiger partial charge in [-0.25, -0.2) is 13.6 Å². The summed E-state index contributed by atoms with van der Waals surface area (Å²) in [5, 5.41) is 9.35. The predicted octanol–water partition coefficient (Wildman–Crippen LogP) is 4.55. The first-order chi connectivity index (χ1) is 13.7. The van der Waals surface area contributed by atoms with Crippen molar-refractivity contribution in [1.82, 2.24) is 9.55 Å². The number of pyridine rings is 2. The molecule has 0 spiro atoms. The lowest BCUT2D eigenvalue weighted by atomic mass is 9.98. The van der Waals surface area contributed by atoms with Gasteiger partial charge in [0.1, 0.15) is 11.4 Å². The van der Waals surface area contributed by atoms with Gasteiger partial charge in [-0.15, -0.1) is 0 Å². The standard InChI is InChI=1S/C22H20F2N2O3/c1-4-16-18(22(28)29)21(27)14-9-15(23)17(12-7-10(2)25-11(3)8-12)19(24)20(14)26(16)13-5-6-13/h7-9,13H,4-6H2,1-3H3,(H,28,29). The number of halogens is 2. The van der Waals surface area contributed by atoms with Gasteiger partial charge in [-0.2, -0.15) is 0 Å². The zero-order valence-corrected chi connectivity index (χ0v) is 16.3. The predicted molar refractivity (Wildman–Crippen MR) is 105 cm³/mol. The van der Waals surface area contributed by atoms with Gasteiger partial charge in [0.15, 0.2) is 5.82 Å². The Kier molecular flexibility index (Phi) is 4.48. The van der Waals surface area contributed by atoms with Gasteiger partial charge in [-0.3, -0.25) is 9.78 Å². The van der Waals surface area contributed by atoms with Crippen molar-refractivity contribution in [3.05, 3.63) is 62.7 Å². The molecule has 0 saturated heterocycles. The van der Waals surface area contributed by atoms with Crippen LogP contribution < -0.4 is 5.43 Å². The van der Waals surface area contributed by atoms with E-state index in [1.54, 1.807) is 37.5 Å². The molecule has 2 aromatic heterocycles. The Morgan fingerprint density at radius 3 is 2.34 bits per heavy atom. The second-order valence-corrected chi connectivity index (χ2v) is 7.49. The second-order valence-electron chi connectivity index (χ2n) is 7.49. The Balaban J connectivity index is 2.19. The van der Waals surface area contributed by atoms with Crippen LogP contribution in [0.3, 0.4) is 0 Å². The van der Waals surface area contributed by atoms with E-state index in [1.807, 2.05) is 0 Å². The quantitative estimate of drug-likeness (QED) is 0.700. The first kappa shape index (κ1) is 19.2. The molecule has 29 heavy (non-hydrogen) atoms. The van der Waals surface area contributed by atoms with Crippen LogP contribution in [0.2, 0.25) is 0 Å². The summed E-state index contributed by atoms with van der Waals surface area (Å²) in [7, 11) is 0. The molecule has 0 unspecified atom stereocenters. The largest absolute Gasteiger partial charge is 0.477 e. The van der Waals surface area contributed by atoms with Crippen LogP contribution in [-0.4, -0.2) is 20.6 Å². The highest BCUT2D eigenvalue weighted by molar-refractivity contribution is 5.96. The number of rotatable bonds is 4. The molecule has 150 valence electrons. The summed E-state index contributed by atoms with van der Waals surface area (Å²) in [6.07, 6.45) is 1.76. The molecule has 1 aliphatic carbocycles. The highest BCUT2D eigenvalue weighted by atomic mass is 19.1. The lowest BCUT2D eigenvalue weighted by molar-refractivity contribution is 0.0693. The maximum atomic E-state index is 15.8. The monoisotopic (exact) mass is 398 g/mol. The molecule has 0 bridgehead atoms. The highest BCUT2D eigenvalue weighted by Crippen LogP contribution is 2.41. The van der Waals surface area contributed by atoms with Crippen LogP contribution in [0.25, 0.3) is 22.0 Å². The molecule has 4 rings (SSSR count). The molecule has 1 fully saturated rings. The Labute approximate surface area is 165 Å². The summed E-state index contributed by atoms with van der Waals surface area (Å²) < 4.78 is 32.4. The molecule has 1 N–H and O–H groups in total. The van der Waals surface area contributed by atoms with Crippen molar-refractivity contribution in [1.29, 1.82) is 0 Å². The van der Waals surface area contributed by atoms with Crippen LogP contribution in [0.15, 0.2) is 23.0 Å². The van der Waals surface area contributed by atoms with Crippen molar-refractivity contribution >= 4 is 16.9 Å². The topological polar surface area (TPSA) is 72.2 Å². The van der Waals surface area contributed by atoms with Gasteiger partial charge in [0.25, 0.3) is 0 Å². The van der Waals surface area contributed by atoms with Crippen LogP contribution in [0, 0.1) is 25.5 Å². The fourth-order valence-corrected chi connectivity index (χ4v) is 4.09. The van der Waals surface area contributed by atoms with Crippen molar-refractivity contribution < 1.29 is 18.7 Å². The molecule has 0 atom stereocenters. The fraction of sp³-hybridized carbons (Fsp3) is 0.318. The number of carbonyl (C=O) groups is 1. The molecule has 1 saturated carbocycles. The number of aromatic carboxylic acids is 1. The number of carboxylic acids is 1. The van der Waals surface area contributed by atoms with Crippen molar-refractivity contribution in [3.63, 3.8) is 0 Å². The Bertz CT molecular complexity index is 1220. The Hall–Kier alpha value is -3.09. The molecule has 2 heterocycles. The van der Waals surface area contributed by atoms with Gasteiger partial charge in [0, 0.05) is 23.1 Å². The molecular weight excluding hydrogens is 378 g/mol. The van der Waals surface area contributed by atoms with E-state index in [0.717, 1.165) is 18.9 Å². The Morgan fingerprint density at radius 1 is 1.21 bits per heavy atom. The molecule has 0 amide bonds. The van der Waals surface area contributed by atoms with E-state index in [1.165, 1.54) is 0 Å². The lowest BCUT2D eigenvalue weighted by Gasteiger charge is -2.20. The summed E-state index contributed by atoms with van der Waals surface area (Å²) in [4.78, 5) is 28.9. The summed E-state index contributed by atoms with van der Waals surface area (Å²) in [5.74, 6) is -3.13. The molecule has 0 radical (unpaired) electrons. The fourth-order valence-electron chi connectivity index (χ4n) is 4.09. The van der Waals surface area contributed by atoms with Gasteiger partial charge in [0.2, 0.25) is 5.43 Å². The van der Waals surface area contributed by atoms with E-state index in [9.17, 15) is 14.7 Å². The van der Waals surface area contributed by atoms with Gasteiger partial charge in [-0.05, 0) is 56.9 Å². The van der Waals surface area contributed by atoms with E-state index in [4.69, 9.17) is 0 Å². The maximum Gasteiger partial charge on any atom is 0.341 e. The van der Waals surface area contributed by atoms with Crippen molar-refractivity contribution in [2.75, 3.05) is 0 Å². The number of hydrogen-bond donors (Lipinski definition) is 1. The molecular formula is C22H20F2N2O3. The molecule has 1 aliphatic rings.